The molecule has 0 radical (unpaired) electrons. The molecule has 0 aromatic rings. The van der Waals surface area contributed by atoms with Crippen molar-refractivity contribution in [3.05, 3.63) is 35.0 Å². The third kappa shape index (κ3) is 1.95. The molecule has 0 atom stereocenters. The van der Waals surface area contributed by atoms with Crippen molar-refractivity contribution in [3.63, 3.8) is 0 Å². The van der Waals surface area contributed by atoms with E-state index in [1.54, 1.807) is 24.3 Å². The highest BCUT2D eigenvalue weighted by molar-refractivity contribution is 6.00. The van der Waals surface area contributed by atoms with Gasteiger partial charge in [-0.2, -0.15) is 0 Å². The first kappa shape index (κ1) is 13.8. The Morgan fingerprint density at radius 2 is 2.33 bits per heavy atom. The number of hydrogen-bond acceptors (Lipinski definition) is 4. The Bertz CT molecular complexity index is 621. The molecule has 21 heavy (non-hydrogen) atoms. The van der Waals surface area contributed by atoms with Crippen LogP contribution in [0.25, 0.3) is 0 Å². The van der Waals surface area contributed by atoms with Gasteiger partial charge in [0.05, 0.1) is 24.4 Å². The van der Waals surface area contributed by atoms with Crippen LogP contribution in [-0.2, 0) is 9.53 Å². The predicted molar refractivity (Wildman–Crippen MR) is 81.9 cm³/mol. The fourth-order valence-electron chi connectivity index (χ4n) is 3.30. The molecule has 1 fully saturated rings. The second-order valence-electron chi connectivity index (χ2n) is 5.62. The monoisotopic (exact) mass is 285 g/mol. The third-order valence-corrected chi connectivity index (χ3v) is 4.66. The summed E-state index contributed by atoms with van der Waals surface area (Å²) in [6.07, 6.45) is 9.19. The maximum Gasteiger partial charge on any atom is 0.237 e. The highest BCUT2D eigenvalue weighted by Crippen LogP contribution is 2.55. The predicted octanol–water partition coefficient (Wildman–Crippen LogP) is 2.43. The normalized spacial score (nSPS) is 25.4. The van der Waals surface area contributed by atoms with Gasteiger partial charge >= 0.3 is 0 Å². The maximum absolute atomic E-state index is 12.5. The van der Waals surface area contributed by atoms with Gasteiger partial charge in [0.25, 0.3) is 0 Å². The van der Waals surface area contributed by atoms with Crippen LogP contribution in [0.5, 0.6) is 0 Å². The minimum Gasteiger partial charge on any atom is -0.481 e. The highest BCUT2D eigenvalue weighted by Gasteiger charge is 2.54. The number of carbonyl (C=O) groups excluding carboxylic acids is 1. The van der Waals surface area contributed by atoms with Crippen LogP contribution in [0.15, 0.2) is 45.0 Å². The van der Waals surface area contributed by atoms with E-state index in [0.717, 1.165) is 30.7 Å². The van der Waals surface area contributed by atoms with Crippen LogP contribution < -0.4 is 0 Å². The molecule has 5 nitrogen and oxygen atoms in total. The Morgan fingerprint density at radius 3 is 2.90 bits per heavy atom. The van der Waals surface area contributed by atoms with Gasteiger partial charge in [0, 0.05) is 25.2 Å². The van der Waals surface area contributed by atoms with E-state index in [-0.39, 0.29) is 11.3 Å². The smallest absolute Gasteiger partial charge is 0.237 e. The number of methoxy groups -OCH3 is 1. The SMILES string of the molecule is C=N/C(=C\C=C1/CC2=C(C=N1)N(C)C(=O)C21CCC1)OC. The molecule has 110 valence electrons. The van der Waals surface area contributed by atoms with Crippen molar-refractivity contribution in [2.45, 2.75) is 25.7 Å². The Kier molecular flexibility index (Phi) is 3.27. The first-order valence-electron chi connectivity index (χ1n) is 7.10. The number of hydrogen-bond donors (Lipinski definition) is 0. The number of fused-ring (bicyclic) bond motifs is 1. The van der Waals surface area contributed by atoms with Crippen molar-refractivity contribution >= 4 is 18.8 Å². The lowest BCUT2D eigenvalue weighted by molar-refractivity contribution is -0.138. The second-order valence-corrected chi connectivity index (χ2v) is 5.62. The fourth-order valence-corrected chi connectivity index (χ4v) is 3.30. The van der Waals surface area contributed by atoms with Crippen molar-refractivity contribution in [2.24, 2.45) is 15.4 Å². The van der Waals surface area contributed by atoms with Gasteiger partial charge in [0.15, 0.2) is 0 Å². The van der Waals surface area contributed by atoms with Crippen molar-refractivity contribution in [3.8, 4) is 0 Å². The van der Waals surface area contributed by atoms with Crippen LogP contribution in [0.3, 0.4) is 0 Å². The topological polar surface area (TPSA) is 54.3 Å². The molecule has 2 heterocycles. The number of nitrogens with zero attached hydrogens (tertiary/aromatic N) is 3. The summed E-state index contributed by atoms with van der Waals surface area (Å²) in [5.74, 6) is 0.683. The molecule has 1 amide bonds. The molecule has 0 aromatic heterocycles. The number of amides is 1. The molecule has 0 bridgehead atoms. The van der Waals surface area contributed by atoms with Gasteiger partial charge in [0.2, 0.25) is 11.8 Å². The molecule has 3 rings (SSSR count). The van der Waals surface area contributed by atoms with E-state index in [9.17, 15) is 4.79 Å². The minimum absolute atomic E-state index is 0.229. The Hall–Kier alpha value is -2.17. The number of allylic oxidation sites excluding steroid dienone is 4. The summed E-state index contributed by atoms with van der Waals surface area (Å²) in [7, 11) is 3.40. The average Bonchev–Trinajstić information content (AvgIpc) is 2.68. The van der Waals surface area contributed by atoms with E-state index >= 15 is 0 Å². The van der Waals surface area contributed by atoms with Crippen molar-refractivity contribution in [1.29, 1.82) is 0 Å². The van der Waals surface area contributed by atoms with Gasteiger partial charge in [-0.15, -0.1) is 0 Å². The lowest BCUT2D eigenvalue weighted by atomic mass is 9.63. The minimum atomic E-state index is -0.250. The van der Waals surface area contributed by atoms with Gasteiger partial charge in [-0.1, -0.05) is 6.42 Å². The molecule has 3 aliphatic rings. The largest absolute Gasteiger partial charge is 0.481 e. The molecule has 0 unspecified atom stereocenters. The number of ether oxygens (including phenoxy) is 1. The van der Waals surface area contributed by atoms with E-state index in [1.807, 2.05) is 13.1 Å². The van der Waals surface area contributed by atoms with Gasteiger partial charge < -0.3 is 9.64 Å². The number of aliphatic imine (C=N–C) groups is 2. The summed E-state index contributed by atoms with van der Waals surface area (Å²) in [6, 6.07) is 0. The zero-order chi connectivity index (χ0) is 15.0. The number of dihydropyridines is 1. The molecule has 0 N–H and O–H groups in total. The summed E-state index contributed by atoms with van der Waals surface area (Å²) in [4.78, 5) is 22.4. The Labute approximate surface area is 124 Å². The van der Waals surface area contributed by atoms with Gasteiger partial charge in [0.1, 0.15) is 0 Å². The summed E-state index contributed by atoms with van der Waals surface area (Å²) in [5.41, 5.74) is 2.87. The van der Waals surface area contributed by atoms with Gasteiger partial charge in [-0.3, -0.25) is 9.79 Å². The molecule has 2 aliphatic heterocycles. The number of carbonyl (C=O) groups is 1. The quantitative estimate of drug-likeness (QED) is 0.590. The first-order valence-corrected chi connectivity index (χ1v) is 7.10. The molecular formula is C16H19N3O2. The van der Waals surface area contributed by atoms with Gasteiger partial charge in [-0.25, -0.2) is 4.99 Å². The van der Waals surface area contributed by atoms with Crippen LogP contribution in [0.2, 0.25) is 0 Å². The van der Waals surface area contributed by atoms with Crippen LogP contribution in [0, 0.1) is 5.41 Å². The van der Waals surface area contributed by atoms with E-state index in [0.29, 0.717) is 12.3 Å². The standard InChI is InChI=1S/C16H19N3O2/c1-17-14(21-3)6-5-11-9-12-13(10-18-11)19(2)15(20)16(12)7-4-8-16/h5-6,10H,1,4,7-9H2,2-3H3/b11-5+,14-6+. The molecule has 1 saturated carbocycles. The second kappa shape index (κ2) is 4.98. The van der Waals surface area contributed by atoms with E-state index in [4.69, 9.17) is 4.74 Å². The summed E-state index contributed by atoms with van der Waals surface area (Å²) in [5, 5.41) is 0. The van der Waals surface area contributed by atoms with E-state index in [2.05, 4.69) is 16.7 Å². The van der Waals surface area contributed by atoms with Crippen LogP contribution in [0.4, 0.5) is 0 Å². The van der Waals surface area contributed by atoms with Crippen LogP contribution in [0.1, 0.15) is 25.7 Å². The molecule has 5 heteroatoms. The lowest BCUT2D eigenvalue weighted by Gasteiger charge is -2.39. The zero-order valence-electron chi connectivity index (χ0n) is 12.4. The molecule has 1 spiro atoms. The lowest BCUT2D eigenvalue weighted by Crippen LogP contribution is -2.40. The third-order valence-electron chi connectivity index (χ3n) is 4.66. The van der Waals surface area contributed by atoms with Gasteiger partial charge in [-0.05, 0) is 31.2 Å². The van der Waals surface area contributed by atoms with Crippen LogP contribution >= 0.6 is 0 Å². The highest BCUT2D eigenvalue weighted by atomic mass is 16.5. The van der Waals surface area contributed by atoms with Crippen LogP contribution in [-0.4, -0.2) is 37.9 Å². The zero-order valence-corrected chi connectivity index (χ0v) is 12.4. The first-order chi connectivity index (χ1) is 10.1. The maximum atomic E-state index is 12.5. The average molecular weight is 285 g/mol. The van der Waals surface area contributed by atoms with Crippen molar-refractivity contribution in [1.82, 2.24) is 4.90 Å². The molecule has 0 saturated heterocycles. The van der Waals surface area contributed by atoms with Crippen molar-refractivity contribution in [2.75, 3.05) is 14.2 Å². The fraction of sp³-hybridized carbons (Fsp3) is 0.438. The van der Waals surface area contributed by atoms with E-state index < -0.39 is 0 Å². The molecule has 1 aliphatic carbocycles. The summed E-state index contributed by atoms with van der Waals surface area (Å²) < 4.78 is 5.05. The summed E-state index contributed by atoms with van der Waals surface area (Å²) >= 11 is 0. The Morgan fingerprint density at radius 1 is 1.57 bits per heavy atom. The van der Waals surface area contributed by atoms with E-state index in [1.165, 1.54) is 5.57 Å². The summed E-state index contributed by atoms with van der Waals surface area (Å²) in [6.45, 7) is 3.44. The molecular weight excluding hydrogens is 266 g/mol. The molecule has 0 aromatic carbocycles. The number of rotatable bonds is 3. The van der Waals surface area contributed by atoms with Crippen molar-refractivity contribution < 1.29 is 9.53 Å². The Balaban J connectivity index is 1.89.